The maximum absolute atomic E-state index is 4.01. The molecule has 0 heteroatoms. The van der Waals surface area contributed by atoms with E-state index >= 15 is 0 Å². The fraction of sp³-hybridized carbons (Fsp3) is 0.333. The molecule has 64 valence electrons. The van der Waals surface area contributed by atoms with Gasteiger partial charge in [0.1, 0.15) is 0 Å². The van der Waals surface area contributed by atoms with Crippen molar-refractivity contribution in [1.82, 2.24) is 0 Å². The molecule has 0 spiro atoms. The van der Waals surface area contributed by atoms with Crippen LogP contribution in [0.5, 0.6) is 0 Å². The Bertz CT molecular complexity index is 228. The van der Waals surface area contributed by atoms with Crippen molar-refractivity contribution in [3.63, 3.8) is 0 Å². The molecule has 0 saturated heterocycles. The first-order valence-electron chi connectivity index (χ1n) is 4.52. The fourth-order valence-electron chi connectivity index (χ4n) is 1.42. The average molecular weight is 160 g/mol. The van der Waals surface area contributed by atoms with Gasteiger partial charge in [-0.2, -0.15) is 0 Å². The first kappa shape index (κ1) is 9.05. The van der Waals surface area contributed by atoms with Gasteiger partial charge in [-0.3, -0.25) is 0 Å². The van der Waals surface area contributed by atoms with Crippen LogP contribution in [0.2, 0.25) is 0 Å². The molecular formula is C12H16. The summed E-state index contributed by atoms with van der Waals surface area (Å²) >= 11 is 0. The smallest absolute Gasteiger partial charge is 0.0276 e. The molecule has 0 saturated carbocycles. The predicted molar refractivity (Wildman–Crippen MR) is 55.0 cm³/mol. The molecular weight excluding hydrogens is 144 g/mol. The first-order chi connectivity index (χ1) is 5.84. The molecule has 0 radical (unpaired) electrons. The zero-order chi connectivity index (χ0) is 8.81. The highest BCUT2D eigenvalue weighted by atomic mass is 14.1. The summed E-state index contributed by atoms with van der Waals surface area (Å²) < 4.78 is 0. The average Bonchev–Trinajstić information content (AvgIpc) is 2.15. The molecule has 0 nitrogen and oxygen atoms in total. The van der Waals surface area contributed by atoms with Crippen LogP contribution in [0.3, 0.4) is 0 Å². The van der Waals surface area contributed by atoms with Gasteiger partial charge in [-0.15, -0.1) is 0 Å². The minimum Gasteiger partial charge on any atom is -0.0991 e. The highest BCUT2D eigenvalue weighted by molar-refractivity contribution is 5.38. The van der Waals surface area contributed by atoms with Gasteiger partial charge < -0.3 is 0 Å². The largest absolute Gasteiger partial charge is 0.0991 e. The number of hydrogen-bond acceptors (Lipinski definition) is 0. The number of allylic oxidation sites excluding steroid dienone is 6. The predicted octanol–water partition coefficient (Wildman–Crippen LogP) is 3.79. The van der Waals surface area contributed by atoms with Gasteiger partial charge in [0.15, 0.2) is 0 Å². The Morgan fingerprint density at radius 1 is 1.42 bits per heavy atom. The lowest BCUT2D eigenvalue weighted by Gasteiger charge is -2.12. The second kappa shape index (κ2) is 4.76. The van der Waals surface area contributed by atoms with Gasteiger partial charge in [0, 0.05) is 0 Å². The Balaban J connectivity index is 2.56. The standard InChI is InChI=1S/C12H16/c1-3-4-8-11(2)12-9-6-5-7-10-12/h3-4,8-9H,1-2,5-7,10H2/b8-4-. The number of hydrogen-bond donors (Lipinski definition) is 0. The van der Waals surface area contributed by atoms with Gasteiger partial charge in [0.05, 0.1) is 0 Å². The lowest BCUT2D eigenvalue weighted by molar-refractivity contribution is 0.708. The van der Waals surface area contributed by atoms with Crippen LogP contribution in [0.25, 0.3) is 0 Å². The molecule has 1 aliphatic rings. The molecule has 0 atom stereocenters. The summed E-state index contributed by atoms with van der Waals surface area (Å²) in [4.78, 5) is 0. The molecule has 0 N–H and O–H groups in total. The lowest BCUT2D eigenvalue weighted by Crippen LogP contribution is -1.92. The summed E-state index contributed by atoms with van der Waals surface area (Å²) in [5, 5.41) is 0. The molecule has 0 unspecified atom stereocenters. The summed E-state index contributed by atoms with van der Waals surface area (Å²) in [6.45, 7) is 7.64. The normalized spacial score (nSPS) is 17.5. The molecule has 0 amide bonds. The third kappa shape index (κ3) is 2.54. The highest BCUT2D eigenvalue weighted by Gasteiger charge is 2.03. The van der Waals surface area contributed by atoms with Crippen molar-refractivity contribution in [2.24, 2.45) is 0 Å². The van der Waals surface area contributed by atoms with Crippen LogP contribution in [0, 0.1) is 0 Å². The summed E-state index contributed by atoms with van der Waals surface area (Å²) in [7, 11) is 0. The SMILES string of the molecule is C=C/C=C\C(=C)C1=CCCCC1. The van der Waals surface area contributed by atoms with Crippen LogP contribution in [-0.2, 0) is 0 Å². The van der Waals surface area contributed by atoms with E-state index in [-0.39, 0.29) is 0 Å². The Labute approximate surface area is 75.0 Å². The second-order valence-corrected chi connectivity index (χ2v) is 3.10. The van der Waals surface area contributed by atoms with Crippen molar-refractivity contribution in [3.05, 3.63) is 48.6 Å². The van der Waals surface area contributed by atoms with E-state index in [2.05, 4.69) is 19.2 Å². The summed E-state index contributed by atoms with van der Waals surface area (Å²) in [5.41, 5.74) is 2.56. The van der Waals surface area contributed by atoms with E-state index in [1.165, 1.54) is 31.3 Å². The Morgan fingerprint density at radius 2 is 2.25 bits per heavy atom. The van der Waals surface area contributed by atoms with Crippen molar-refractivity contribution >= 4 is 0 Å². The molecule has 0 aliphatic heterocycles. The van der Waals surface area contributed by atoms with E-state index in [0.717, 1.165) is 5.57 Å². The Kier molecular flexibility index (Phi) is 3.59. The van der Waals surface area contributed by atoms with E-state index in [0.29, 0.717) is 0 Å². The van der Waals surface area contributed by atoms with Crippen molar-refractivity contribution in [3.8, 4) is 0 Å². The van der Waals surface area contributed by atoms with Gasteiger partial charge >= 0.3 is 0 Å². The summed E-state index contributed by atoms with van der Waals surface area (Å²) in [6, 6.07) is 0. The van der Waals surface area contributed by atoms with E-state index in [4.69, 9.17) is 0 Å². The van der Waals surface area contributed by atoms with Crippen LogP contribution < -0.4 is 0 Å². The second-order valence-electron chi connectivity index (χ2n) is 3.10. The summed E-state index contributed by atoms with van der Waals surface area (Å²) in [6.07, 6.45) is 13.1. The molecule has 0 bridgehead atoms. The van der Waals surface area contributed by atoms with Gasteiger partial charge in [0.25, 0.3) is 0 Å². The van der Waals surface area contributed by atoms with Crippen LogP contribution in [0.4, 0.5) is 0 Å². The maximum atomic E-state index is 4.01. The van der Waals surface area contributed by atoms with Crippen LogP contribution >= 0.6 is 0 Å². The van der Waals surface area contributed by atoms with E-state index < -0.39 is 0 Å². The lowest BCUT2D eigenvalue weighted by atomic mass is 9.94. The molecule has 12 heavy (non-hydrogen) atoms. The van der Waals surface area contributed by atoms with Crippen LogP contribution in [0.15, 0.2) is 48.6 Å². The zero-order valence-corrected chi connectivity index (χ0v) is 7.55. The Morgan fingerprint density at radius 3 is 2.83 bits per heavy atom. The van der Waals surface area contributed by atoms with Crippen LogP contribution in [-0.4, -0.2) is 0 Å². The highest BCUT2D eigenvalue weighted by Crippen LogP contribution is 2.23. The van der Waals surface area contributed by atoms with Crippen molar-refractivity contribution in [1.29, 1.82) is 0 Å². The van der Waals surface area contributed by atoms with Crippen LogP contribution in [0.1, 0.15) is 25.7 Å². The van der Waals surface area contributed by atoms with Crippen molar-refractivity contribution in [2.75, 3.05) is 0 Å². The van der Waals surface area contributed by atoms with Gasteiger partial charge in [-0.25, -0.2) is 0 Å². The van der Waals surface area contributed by atoms with Gasteiger partial charge in [-0.1, -0.05) is 37.5 Å². The molecule has 0 heterocycles. The van der Waals surface area contributed by atoms with E-state index in [9.17, 15) is 0 Å². The Hall–Kier alpha value is -1.04. The molecule has 1 rings (SSSR count). The topological polar surface area (TPSA) is 0 Å². The summed E-state index contributed by atoms with van der Waals surface area (Å²) in [5.74, 6) is 0. The molecule has 0 aromatic rings. The minimum absolute atomic E-state index is 1.15. The molecule has 0 aromatic heterocycles. The minimum atomic E-state index is 1.15. The molecule has 0 aromatic carbocycles. The zero-order valence-electron chi connectivity index (χ0n) is 7.55. The third-order valence-corrected chi connectivity index (χ3v) is 2.14. The van der Waals surface area contributed by atoms with E-state index in [1.807, 2.05) is 12.2 Å². The van der Waals surface area contributed by atoms with Gasteiger partial charge in [-0.05, 0) is 36.8 Å². The van der Waals surface area contributed by atoms with Gasteiger partial charge in [0.2, 0.25) is 0 Å². The monoisotopic (exact) mass is 160 g/mol. The maximum Gasteiger partial charge on any atom is -0.0276 e. The molecule has 0 fully saturated rings. The van der Waals surface area contributed by atoms with Crippen molar-refractivity contribution < 1.29 is 0 Å². The molecule has 1 aliphatic carbocycles. The first-order valence-corrected chi connectivity index (χ1v) is 4.52. The quantitative estimate of drug-likeness (QED) is 0.551. The number of rotatable bonds is 3. The van der Waals surface area contributed by atoms with E-state index in [1.54, 1.807) is 6.08 Å². The van der Waals surface area contributed by atoms with Crippen molar-refractivity contribution in [2.45, 2.75) is 25.7 Å². The fourth-order valence-corrected chi connectivity index (χ4v) is 1.42. The third-order valence-electron chi connectivity index (χ3n) is 2.14.